The molecule has 3 amide bonds. The first-order chi connectivity index (χ1) is 16.0. The van der Waals surface area contributed by atoms with Crippen molar-refractivity contribution in [1.82, 2.24) is 0 Å². The number of phenolic OH excluding ortho intramolecular Hbond substituents is 1. The number of phenols is 1. The van der Waals surface area contributed by atoms with E-state index in [4.69, 9.17) is 4.74 Å². The normalized spacial score (nSPS) is 12.7. The Labute approximate surface area is 188 Å². The highest BCUT2D eigenvalue weighted by Gasteiger charge is 2.38. The second kappa shape index (κ2) is 7.80. The molecule has 162 valence electrons. The van der Waals surface area contributed by atoms with Crippen LogP contribution in [0.3, 0.4) is 0 Å². The van der Waals surface area contributed by atoms with E-state index in [0.29, 0.717) is 17.1 Å². The summed E-state index contributed by atoms with van der Waals surface area (Å²) in [7, 11) is 1.47. The molecule has 33 heavy (non-hydrogen) atoms. The van der Waals surface area contributed by atoms with Gasteiger partial charge in [-0.25, -0.2) is 4.90 Å². The lowest BCUT2D eigenvalue weighted by molar-refractivity contribution is 0.0923. The SMILES string of the molecule is COc1ccccc1N1C(=O)c2ccc(NC(=O)c3cc4ccccc4cc3O)cc2C1=O. The number of fused-ring (bicyclic) bond motifs is 2. The Morgan fingerprint density at radius 2 is 1.52 bits per heavy atom. The number of hydrogen-bond donors (Lipinski definition) is 2. The minimum atomic E-state index is -0.531. The predicted molar refractivity (Wildman–Crippen MR) is 124 cm³/mol. The largest absolute Gasteiger partial charge is 0.507 e. The number of hydrogen-bond acceptors (Lipinski definition) is 5. The number of para-hydroxylation sites is 2. The highest BCUT2D eigenvalue weighted by molar-refractivity contribution is 6.35. The molecule has 0 spiro atoms. The second-order valence-corrected chi connectivity index (χ2v) is 7.55. The average molecular weight is 438 g/mol. The first kappa shape index (κ1) is 20.3. The highest BCUT2D eigenvalue weighted by Crippen LogP contribution is 2.35. The molecule has 0 aromatic heterocycles. The molecule has 1 heterocycles. The van der Waals surface area contributed by atoms with Crippen molar-refractivity contribution in [3.63, 3.8) is 0 Å². The molecular formula is C26H18N2O5. The number of amides is 3. The number of carbonyl (C=O) groups excluding carboxylic acids is 3. The van der Waals surface area contributed by atoms with Crippen molar-refractivity contribution in [2.24, 2.45) is 0 Å². The number of rotatable bonds is 4. The van der Waals surface area contributed by atoms with Gasteiger partial charge in [0, 0.05) is 5.69 Å². The fraction of sp³-hybridized carbons (Fsp3) is 0.0385. The zero-order valence-electron chi connectivity index (χ0n) is 17.5. The van der Waals surface area contributed by atoms with E-state index in [-0.39, 0.29) is 22.4 Å². The van der Waals surface area contributed by atoms with Gasteiger partial charge in [-0.15, -0.1) is 0 Å². The summed E-state index contributed by atoms with van der Waals surface area (Å²) in [6.07, 6.45) is 0. The fourth-order valence-electron chi connectivity index (χ4n) is 3.96. The number of anilines is 2. The smallest absolute Gasteiger partial charge is 0.266 e. The van der Waals surface area contributed by atoms with Crippen LogP contribution in [0.15, 0.2) is 78.9 Å². The van der Waals surface area contributed by atoms with Gasteiger partial charge in [0.15, 0.2) is 0 Å². The molecule has 1 aliphatic heterocycles. The zero-order valence-corrected chi connectivity index (χ0v) is 17.5. The molecule has 0 bridgehead atoms. The van der Waals surface area contributed by atoms with Gasteiger partial charge in [-0.2, -0.15) is 0 Å². The Morgan fingerprint density at radius 3 is 2.27 bits per heavy atom. The number of benzene rings is 4. The highest BCUT2D eigenvalue weighted by atomic mass is 16.5. The van der Waals surface area contributed by atoms with Crippen LogP contribution in [0, 0.1) is 0 Å². The van der Waals surface area contributed by atoms with Gasteiger partial charge < -0.3 is 15.2 Å². The maximum Gasteiger partial charge on any atom is 0.266 e. The molecule has 5 rings (SSSR count). The Hall–Kier alpha value is -4.65. The quantitative estimate of drug-likeness (QED) is 0.454. The molecule has 7 nitrogen and oxygen atoms in total. The minimum Gasteiger partial charge on any atom is -0.507 e. The summed E-state index contributed by atoms with van der Waals surface area (Å²) >= 11 is 0. The van der Waals surface area contributed by atoms with Gasteiger partial charge >= 0.3 is 0 Å². The van der Waals surface area contributed by atoms with Crippen LogP contribution in [0.2, 0.25) is 0 Å². The van der Waals surface area contributed by atoms with Crippen molar-refractivity contribution in [3.05, 3.63) is 95.6 Å². The monoisotopic (exact) mass is 438 g/mol. The van der Waals surface area contributed by atoms with Crippen LogP contribution in [0.5, 0.6) is 11.5 Å². The van der Waals surface area contributed by atoms with Crippen molar-refractivity contribution in [1.29, 1.82) is 0 Å². The minimum absolute atomic E-state index is 0.104. The Kier molecular flexibility index (Phi) is 4.79. The van der Waals surface area contributed by atoms with E-state index in [1.54, 1.807) is 36.4 Å². The number of ether oxygens (including phenoxy) is 1. The molecule has 0 saturated heterocycles. The van der Waals surface area contributed by atoms with E-state index in [9.17, 15) is 19.5 Å². The molecule has 0 fully saturated rings. The van der Waals surface area contributed by atoms with Crippen molar-refractivity contribution >= 4 is 39.9 Å². The van der Waals surface area contributed by atoms with Gasteiger partial charge in [-0.1, -0.05) is 36.4 Å². The third-order valence-corrected chi connectivity index (χ3v) is 5.58. The summed E-state index contributed by atoms with van der Waals surface area (Å²) in [4.78, 5) is 39.9. The summed E-state index contributed by atoms with van der Waals surface area (Å²) in [6, 6.07) is 21.8. The maximum atomic E-state index is 13.1. The van der Waals surface area contributed by atoms with Crippen molar-refractivity contribution < 1.29 is 24.2 Å². The number of nitrogens with one attached hydrogen (secondary N) is 1. The van der Waals surface area contributed by atoms with Gasteiger partial charge in [0.2, 0.25) is 0 Å². The molecule has 0 unspecified atom stereocenters. The summed E-state index contributed by atoms with van der Waals surface area (Å²) in [5.41, 5.74) is 1.18. The molecule has 0 atom stereocenters. The van der Waals surface area contributed by atoms with Crippen LogP contribution in [-0.4, -0.2) is 29.9 Å². The van der Waals surface area contributed by atoms with Crippen LogP contribution in [0.4, 0.5) is 11.4 Å². The van der Waals surface area contributed by atoms with E-state index in [0.717, 1.165) is 15.7 Å². The lowest BCUT2D eigenvalue weighted by Gasteiger charge is -2.16. The standard InChI is InChI=1S/C26H18N2O5/c1-33-23-9-5-4-8-21(23)28-25(31)18-11-10-17(14-19(18)26(28)32)27-24(30)20-12-15-6-2-3-7-16(15)13-22(20)29/h2-14,29H,1H3,(H,27,30). The summed E-state index contributed by atoms with van der Waals surface area (Å²) in [6.45, 7) is 0. The van der Waals surface area contributed by atoms with Crippen molar-refractivity contribution in [3.8, 4) is 11.5 Å². The van der Waals surface area contributed by atoms with Crippen LogP contribution < -0.4 is 15.0 Å². The van der Waals surface area contributed by atoms with Crippen LogP contribution in [0.1, 0.15) is 31.1 Å². The lowest BCUT2D eigenvalue weighted by Crippen LogP contribution is -2.29. The molecule has 0 radical (unpaired) electrons. The van der Waals surface area contributed by atoms with Gasteiger partial charge in [-0.3, -0.25) is 14.4 Å². The van der Waals surface area contributed by atoms with Gasteiger partial charge in [0.1, 0.15) is 11.5 Å². The van der Waals surface area contributed by atoms with Gasteiger partial charge in [0.25, 0.3) is 17.7 Å². The van der Waals surface area contributed by atoms with E-state index in [2.05, 4.69) is 5.32 Å². The van der Waals surface area contributed by atoms with Crippen LogP contribution >= 0.6 is 0 Å². The molecule has 4 aromatic carbocycles. The summed E-state index contributed by atoms with van der Waals surface area (Å²) in [5.74, 6) is -1.27. The molecule has 2 N–H and O–H groups in total. The second-order valence-electron chi connectivity index (χ2n) is 7.55. The topological polar surface area (TPSA) is 95.9 Å². The molecule has 1 aliphatic rings. The predicted octanol–water partition coefficient (Wildman–Crippen LogP) is 4.61. The Bertz CT molecular complexity index is 1460. The number of methoxy groups -OCH3 is 1. The van der Waals surface area contributed by atoms with E-state index >= 15 is 0 Å². The fourth-order valence-corrected chi connectivity index (χ4v) is 3.96. The summed E-state index contributed by atoms with van der Waals surface area (Å²) in [5, 5.41) is 14.6. The molecular weight excluding hydrogens is 420 g/mol. The van der Waals surface area contributed by atoms with E-state index in [1.165, 1.54) is 25.3 Å². The van der Waals surface area contributed by atoms with E-state index in [1.807, 2.05) is 24.3 Å². The molecule has 0 aliphatic carbocycles. The van der Waals surface area contributed by atoms with Crippen LogP contribution in [0.25, 0.3) is 10.8 Å². The Morgan fingerprint density at radius 1 is 0.848 bits per heavy atom. The lowest BCUT2D eigenvalue weighted by atomic mass is 10.0. The van der Waals surface area contributed by atoms with Gasteiger partial charge in [0.05, 0.1) is 29.5 Å². The molecule has 7 heteroatoms. The van der Waals surface area contributed by atoms with Crippen LogP contribution in [-0.2, 0) is 0 Å². The van der Waals surface area contributed by atoms with Gasteiger partial charge in [-0.05, 0) is 53.2 Å². The third-order valence-electron chi connectivity index (χ3n) is 5.58. The first-order valence-electron chi connectivity index (χ1n) is 10.2. The molecule has 4 aromatic rings. The summed E-state index contributed by atoms with van der Waals surface area (Å²) < 4.78 is 5.29. The number of carbonyl (C=O) groups is 3. The molecule has 0 saturated carbocycles. The zero-order chi connectivity index (χ0) is 23.1. The first-order valence-corrected chi connectivity index (χ1v) is 10.2. The van der Waals surface area contributed by atoms with Crippen molar-refractivity contribution in [2.75, 3.05) is 17.3 Å². The maximum absolute atomic E-state index is 13.1. The Balaban J connectivity index is 1.45. The third kappa shape index (κ3) is 3.36. The number of nitrogens with zero attached hydrogens (tertiary/aromatic N) is 1. The van der Waals surface area contributed by atoms with E-state index < -0.39 is 17.7 Å². The average Bonchev–Trinajstić information content (AvgIpc) is 3.07. The van der Waals surface area contributed by atoms with Crippen molar-refractivity contribution in [2.45, 2.75) is 0 Å². The number of imide groups is 1. The number of aromatic hydroxyl groups is 1.